The lowest BCUT2D eigenvalue weighted by atomic mass is 10.1. The molecule has 0 saturated carbocycles. The van der Waals surface area contributed by atoms with Gasteiger partial charge in [0.15, 0.2) is 5.43 Å². The van der Waals surface area contributed by atoms with E-state index in [4.69, 9.17) is 5.73 Å². The first kappa shape index (κ1) is 18.9. The third-order valence-corrected chi connectivity index (χ3v) is 5.45. The van der Waals surface area contributed by atoms with E-state index in [1.165, 1.54) is 17.3 Å². The van der Waals surface area contributed by atoms with Crippen LogP contribution < -0.4 is 16.5 Å². The second kappa shape index (κ2) is 7.91. The van der Waals surface area contributed by atoms with E-state index >= 15 is 0 Å². The highest BCUT2D eigenvalue weighted by Crippen LogP contribution is 2.25. The molecule has 0 amide bonds. The number of hydrogen-bond donors (Lipinski definition) is 2. The molecular formula is C23H25N5O. The molecule has 0 atom stereocenters. The van der Waals surface area contributed by atoms with Crippen LogP contribution in [0.15, 0.2) is 64.8 Å². The summed E-state index contributed by atoms with van der Waals surface area (Å²) in [5.74, 6) is 0. The number of nitrogens with one attached hydrogen (secondary N) is 1. The lowest BCUT2D eigenvalue weighted by molar-refractivity contribution is 0.768. The Kier molecular flexibility index (Phi) is 5.16. The number of fused-ring (bicyclic) bond motifs is 2. The van der Waals surface area contributed by atoms with Crippen LogP contribution in [0.1, 0.15) is 23.6 Å². The fourth-order valence-corrected chi connectivity index (χ4v) is 4.05. The molecule has 1 aromatic carbocycles. The minimum absolute atomic E-state index is 0.0886. The summed E-state index contributed by atoms with van der Waals surface area (Å²) < 4.78 is 1.97. The standard InChI is InChI=1S/C23H25N5O/c1-3-28-14-20(21(25-2)8-9-24)22(29)19-12-18(13-26-23(19)28)27-17-10-15-6-4-5-7-16(15)11-17/h4-9,12-14,17,27H,3,10-11,24H2,1-2H3. The van der Waals surface area contributed by atoms with Gasteiger partial charge in [-0.3, -0.25) is 9.79 Å². The van der Waals surface area contributed by atoms with Crippen LogP contribution in [0.2, 0.25) is 0 Å². The van der Waals surface area contributed by atoms with Crippen molar-refractivity contribution in [3.05, 3.63) is 81.9 Å². The van der Waals surface area contributed by atoms with Crippen molar-refractivity contribution >= 4 is 22.4 Å². The molecule has 0 spiro atoms. The first-order valence-corrected chi connectivity index (χ1v) is 9.86. The van der Waals surface area contributed by atoms with Gasteiger partial charge in [0.05, 0.1) is 28.5 Å². The number of nitrogens with two attached hydrogens (primary N) is 1. The fraction of sp³-hybridized carbons (Fsp3) is 0.261. The fourth-order valence-electron chi connectivity index (χ4n) is 4.05. The molecule has 0 aliphatic heterocycles. The summed E-state index contributed by atoms with van der Waals surface area (Å²) in [6.07, 6.45) is 8.61. The van der Waals surface area contributed by atoms with Gasteiger partial charge >= 0.3 is 0 Å². The Morgan fingerprint density at radius 2 is 2.07 bits per heavy atom. The lowest BCUT2D eigenvalue weighted by Crippen LogP contribution is -2.22. The van der Waals surface area contributed by atoms with Crippen LogP contribution in [-0.4, -0.2) is 28.4 Å². The van der Waals surface area contributed by atoms with Crippen molar-refractivity contribution in [2.75, 3.05) is 12.4 Å². The van der Waals surface area contributed by atoms with E-state index in [1.807, 2.05) is 23.8 Å². The number of aryl methyl sites for hydroxylation is 1. The molecule has 0 fully saturated rings. The van der Waals surface area contributed by atoms with Gasteiger partial charge in [0.25, 0.3) is 0 Å². The average molecular weight is 387 g/mol. The topological polar surface area (TPSA) is 85.3 Å². The second-order valence-corrected chi connectivity index (χ2v) is 7.24. The largest absolute Gasteiger partial charge is 0.405 e. The summed E-state index contributed by atoms with van der Waals surface area (Å²) in [5.41, 5.74) is 10.8. The number of aliphatic imine (C=N–C) groups is 1. The Labute approximate surface area is 169 Å². The van der Waals surface area contributed by atoms with Crippen molar-refractivity contribution in [2.24, 2.45) is 10.7 Å². The number of benzene rings is 1. The van der Waals surface area contributed by atoms with E-state index in [-0.39, 0.29) is 5.43 Å². The number of aromatic nitrogens is 2. The van der Waals surface area contributed by atoms with Crippen LogP contribution in [-0.2, 0) is 19.4 Å². The Hall–Kier alpha value is -3.41. The SMILES string of the molecule is CCn1cc(C(C=CN)=NC)c(=O)c2cc(NC3Cc4ccccc4C3)cnc21. The Balaban J connectivity index is 1.73. The number of anilines is 1. The van der Waals surface area contributed by atoms with Crippen LogP contribution in [0, 0.1) is 0 Å². The van der Waals surface area contributed by atoms with E-state index < -0.39 is 0 Å². The molecule has 0 radical (unpaired) electrons. The molecule has 2 aromatic heterocycles. The maximum Gasteiger partial charge on any atom is 0.200 e. The van der Waals surface area contributed by atoms with Crippen LogP contribution in [0.4, 0.5) is 5.69 Å². The summed E-state index contributed by atoms with van der Waals surface area (Å²) >= 11 is 0. The van der Waals surface area contributed by atoms with Crippen LogP contribution in [0.3, 0.4) is 0 Å². The molecule has 148 valence electrons. The van der Waals surface area contributed by atoms with Crippen molar-refractivity contribution in [1.29, 1.82) is 0 Å². The second-order valence-electron chi connectivity index (χ2n) is 7.24. The summed E-state index contributed by atoms with van der Waals surface area (Å²) in [6.45, 7) is 2.73. The third-order valence-electron chi connectivity index (χ3n) is 5.45. The first-order chi connectivity index (χ1) is 14.1. The molecule has 1 aliphatic rings. The monoisotopic (exact) mass is 387 g/mol. The Bertz CT molecular complexity index is 1150. The van der Waals surface area contributed by atoms with Crippen molar-refractivity contribution in [3.63, 3.8) is 0 Å². The lowest BCUT2D eigenvalue weighted by Gasteiger charge is -2.15. The minimum atomic E-state index is -0.0886. The number of hydrogen-bond acceptors (Lipinski definition) is 5. The number of nitrogens with zero attached hydrogens (tertiary/aromatic N) is 3. The first-order valence-electron chi connectivity index (χ1n) is 9.86. The normalized spacial score (nSPS) is 14.6. The molecule has 3 aromatic rings. The summed E-state index contributed by atoms with van der Waals surface area (Å²) in [6, 6.07) is 10.7. The number of allylic oxidation sites excluding steroid dienone is 1. The Morgan fingerprint density at radius 3 is 2.69 bits per heavy atom. The summed E-state index contributed by atoms with van der Waals surface area (Å²) in [4.78, 5) is 22.0. The molecule has 6 heteroatoms. The van der Waals surface area contributed by atoms with Crippen LogP contribution in [0.5, 0.6) is 0 Å². The highest BCUT2D eigenvalue weighted by atomic mass is 16.1. The third kappa shape index (κ3) is 3.53. The van der Waals surface area contributed by atoms with Gasteiger partial charge in [-0.05, 0) is 49.2 Å². The molecule has 0 bridgehead atoms. The van der Waals surface area contributed by atoms with Gasteiger partial charge in [-0.15, -0.1) is 0 Å². The van der Waals surface area contributed by atoms with E-state index in [0.29, 0.717) is 34.9 Å². The maximum absolute atomic E-state index is 13.2. The molecule has 2 heterocycles. The van der Waals surface area contributed by atoms with Crippen LogP contribution >= 0.6 is 0 Å². The van der Waals surface area contributed by atoms with E-state index in [9.17, 15) is 4.79 Å². The quantitative estimate of drug-likeness (QED) is 0.659. The van der Waals surface area contributed by atoms with Crippen molar-refractivity contribution in [3.8, 4) is 0 Å². The Morgan fingerprint density at radius 1 is 1.34 bits per heavy atom. The van der Waals surface area contributed by atoms with Crippen molar-refractivity contribution < 1.29 is 0 Å². The van der Waals surface area contributed by atoms with Gasteiger partial charge < -0.3 is 15.6 Å². The van der Waals surface area contributed by atoms with Gasteiger partial charge in [-0.25, -0.2) is 4.98 Å². The summed E-state index contributed by atoms with van der Waals surface area (Å²) in [7, 11) is 1.66. The molecule has 0 unspecified atom stereocenters. The molecular weight excluding hydrogens is 362 g/mol. The number of rotatable bonds is 5. The molecule has 4 rings (SSSR count). The minimum Gasteiger partial charge on any atom is -0.405 e. The van der Waals surface area contributed by atoms with Gasteiger partial charge in [-0.2, -0.15) is 0 Å². The molecule has 3 N–H and O–H groups in total. The highest BCUT2D eigenvalue weighted by Gasteiger charge is 2.21. The van der Waals surface area contributed by atoms with Crippen molar-refractivity contribution in [1.82, 2.24) is 9.55 Å². The molecule has 29 heavy (non-hydrogen) atoms. The molecule has 0 saturated heterocycles. The predicted octanol–water partition coefficient (Wildman–Crippen LogP) is 2.89. The van der Waals surface area contributed by atoms with Gasteiger partial charge in [0.2, 0.25) is 0 Å². The van der Waals surface area contributed by atoms with Gasteiger partial charge in [0.1, 0.15) is 5.65 Å². The van der Waals surface area contributed by atoms with Crippen molar-refractivity contribution in [2.45, 2.75) is 32.4 Å². The zero-order valence-corrected chi connectivity index (χ0v) is 16.7. The predicted molar refractivity (Wildman–Crippen MR) is 119 cm³/mol. The van der Waals surface area contributed by atoms with Gasteiger partial charge in [0, 0.05) is 25.8 Å². The average Bonchev–Trinajstić information content (AvgIpc) is 3.15. The van der Waals surface area contributed by atoms with Crippen LogP contribution in [0.25, 0.3) is 11.0 Å². The summed E-state index contributed by atoms with van der Waals surface area (Å²) in [5, 5.41) is 4.14. The molecule has 1 aliphatic carbocycles. The number of pyridine rings is 2. The van der Waals surface area contributed by atoms with E-state index in [1.54, 1.807) is 19.3 Å². The highest BCUT2D eigenvalue weighted by molar-refractivity contribution is 6.09. The van der Waals surface area contributed by atoms with Gasteiger partial charge in [-0.1, -0.05) is 24.3 Å². The smallest absolute Gasteiger partial charge is 0.200 e. The van der Waals surface area contributed by atoms with E-state index in [0.717, 1.165) is 18.5 Å². The zero-order chi connectivity index (χ0) is 20.4. The zero-order valence-electron chi connectivity index (χ0n) is 16.7. The maximum atomic E-state index is 13.2. The van der Waals surface area contributed by atoms with E-state index in [2.05, 4.69) is 39.6 Å². The molecule has 6 nitrogen and oxygen atoms in total.